The first-order valence-electron chi connectivity index (χ1n) is 13.0. The van der Waals surface area contributed by atoms with Crippen LogP contribution in [0.15, 0.2) is 69.2 Å². The van der Waals surface area contributed by atoms with Gasteiger partial charge in [-0.3, -0.25) is 9.36 Å². The van der Waals surface area contributed by atoms with Crippen LogP contribution in [0, 0.1) is 30.0 Å². The highest BCUT2D eigenvalue weighted by Gasteiger charge is 2.32. The van der Waals surface area contributed by atoms with Crippen molar-refractivity contribution in [3.63, 3.8) is 0 Å². The molecule has 2 aromatic carbocycles. The molecule has 0 spiro atoms. The first kappa shape index (κ1) is 29.6. The zero-order chi connectivity index (χ0) is 29.9. The van der Waals surface area contributed by atoms with Gasteiger partial charge in [0.05, 0.1) is 22.6 Å². The number of nitrogens with zero attached hydrogens (tertiary/aromatic N) is 4. The molecule has 0 bridgehead atoms. The SMILES string of the molecule is CCCCc1nc(=O)c(S(=O)(=O)c2ccc(-c3ccc(F)nc3C)cc2)c(O)n1[C@@H](CC)c1cc(F)cc(C#N)c1. The monoisotopic (exact) mass is 578 g/mol. The molecular formula is C30H28F2N4O4S. The first-order valence-corrected chi connectivity index (χ1v) is 14.5. The van der Waals surface area contributed by atoms with Crippen LogP contribution in [0.3, 0.4) is 0 Å². The Bertz CT molecular complexity index is 1810. The Balaban J connectivity index is 1.88. The second-order valence-corrected chi connectivity index (χ2v) is 11.4. The molecule has 1 N–H and O–H groups in total. The topological polar surface area (TPSA) is 126 Å². The largest absolute Gasteiger partial charge is 0.493 e. The van der Waals surface area contributed by atoms with Gasteiger partial charge in [0.15, 0.2) is 4.90 Å². The van der Waals surface area contributed by atoms with Gasteiger partial charge >= 0.3 is 0 Å². The van der Waals surface area contributed by atoms with E-state index in [4.69, 9.17) is 0 Å². The zero-order valence-electron chi connectivity index (χ0n) is 22.7. The zero-order valence-corrected chi connectivity index (χ0v) is 23.5. The van der Waals surface area contributed by atoms with Crippen molar-refractivity contribution in [1.82, 2.24) is 14.5 Å². The van der Waals surface area contributed by atoms with Gasteiger partial charge in [-0.05, 0) is 73.4 Å². The number of halogens is 2. The van der Waals surface area contributed by atoms with Crippen molar-refractivity contribution in [2.45, 2.75) is 62.3 Å². The van der Waals surface area contributed by atoms with Crippen molar-refractivity contribution in [2.75, 3.05) is 0 Å². The van der Waals surface area contributed by atoms with E-state index in [0.717, 1.165) is 12.5 Å². The average Bonchev–Trinajstić information content (AvgIpc) is 2.93. The number of rotatable bonds is 9. The molecule has 4 aromatic rings. The van der Waals surface area contributed by atoms with E-state index in [9.17, 15) is 32.4 Å². The van der Waals surface area contributed by atoms with Crippen molar-refractivity contribution in [2.24, 2.45) is 0 Å². The van der Waals surface area contributed by atoms with Gasteiger partial charge in [0.25, 0.3) is 5.56 Å². The lowest BCUT2D eigenvalue weighted by Gasteiger charge is -2.25. The van der Waals surface area contributed by atoms with Gasteiger partial charge in [0, 0.05) is 17.7 Å². The minimum absolute atomic E-state index is 0.0570. The summed E-state index contributed by atoms with van der Waals surface area (Å²) < 4.78 is 56.5. The number of nitriles is 1. The highest BCUT2D eigenvalue weighted by Crippen LogP contribution is 2.34. The third-order valence-corrected chi connectivity index (χ3v) is 8.60. The molecule has 2 aromatic heterocycles. The molecule has 0 aliphatic rings. The smallest absolute Gasteiger partial charge is 0.296 e. The number of pyridine rings is 1. The molecule has 0 fully saturated rings. The van der Waals surface area contributed by atoms with Crippen molar-refractivity contribution in [1.29, 1.82) is 5.26 Å². The summed E-state index contributed by atoms with van der Waals surface area (Å²) in [7, 11) is -4.57. The number of hydrogen-bond acceptors (Lipinski definition) is 7. The molecule has 11 heteroatoms. The van der Waals surface area contributed by atoms with E-state index < -0.39 is 44.0 Å². The second kappa shape index (κ2) is 12.0. The molecule has 8 nitrogen and oxygen atoms in total. The van der Waals surface area contributed by atoms with Crippen LogP contribution < -0.4 is 5.56 Å². The van der Waals surface area contributed by atoms with E-state index in [0.29, 0.717) is 28.8 Å². The number of aryl methyl sites for hydroxylation is 2. The van der Waals surface area contributed by atoms with Gasteiger partial charge in [0.2, 0.25) is 21.7 Å². The molecule has 0 saturated carbocycles. The van der Waals surface area contributed by atoms with Crippen molar-refractivity contribution in [3.05, 3.63) is 99.4 Å². The number of aromatic hydroxyl groups is 1. The van der Waals surface area contributed by atoms with Crippen LogP contribution in [-0.2, 0) is 16.3 Å². The maximum absolute atomic E-state index is 14.4. The van der Waals surface area contributed by atoms with E-state index in [-0.39, 0.29) is 29.1 Å². The van der Waals surface area contributed by atoms with E-state index in [1.54, 1.807) is 13.8 Å². The first-order chi connectivity index (χ1) is 19.5. The number of aromatic nitrogens is 3. The Labute approximate surface area is 236 Å². The lowest BCUT2D eigenvalue weighted by molar-refractivity contribution is 0.358. The Hall–Kier alpha value is -4.43. The molecule has 4 rings (SSSR count). The summed E-state index contributed by atoms with van der Waals surface area (Å²) in [4.78, 5) is 19.8. The quantitative estimate of drug-likeness (QED) is 0.255. The van der Waals surface area contributed by atoms with Crippen LogP contribution in [0.2, 0.25) is 0 Å². The fourth-order valence-electron chi connectivity index (χ4n) is 4.83. The molecule has 0 aliphatic heterocycles. The Morgan fingerprint density at radius 2 is 1.76 bits per heavy atom. The molecule has 0 amide bonds. The van der Waals surface area contributed by atoms with Crippen molar-refractivity contribution >= 4 is 9.84 Å². The fraction of sp³-hybridized carbons (Fsp3) is 0.267. The molecule has 0 saturated heterocycles. The summed E-state index contributed by atoms with van der Waals surface area (Å²) in [6.07, 6.45) is 1.86. The lowest BCUT2D eigenvalue weighted by atomic mass is 10.0. The summed E-state index contributed by atoms with van der Waals surface area (Å²) in [6, 6.07) is 13.1. The summed E-state index contributed by atoms with van der Waals surface area (Å²) in [5.74, 6) is -1.97. The summed E-state index contributed by atoms with van der Waals surface area (Å²) in [6.45, 7) is 5.30. The summed E-state index contributed by atoms with van der Waals surface area (Å²) in [5, 5.41) is 20.8. The van der Waals surface area contributed by atoms with Crippen LogP contribution >= 0.6 is 0 Å². The normalized spacial score (nSPS) is 12.2. The highest BCUT2D eigenvalue weighted by atomic mass is 32.2. The molecule has 0 aliphatic carbocycles. The average molecular weight is 579 g/mol. The number of hydrogen-bond donors (Lipinski definition) is 1. The van der Waals surface area contributed by atoms with Gasteiger partial charge in [-0.1, -0.05) is 32.4 Å². The number of unbranched alkanes of at least 4 members (excludes halogenated alkanes) is 1. The fourth-order valence-corrected chi connectivity index (χ4v) is 6.17. The summed E-state index contributed by atoms with van der Waals surface area (Å²) in [5.41, 5.74) is 0.851. The van der Waals surface area contributed by atoms with Gasteiger partial charge < -0.3 is 5.11 Å². The van der Waals surface area contributed by atoms with Crippen LogP contribution in [0.5, 0.6) is 5.88 Å². The third kappa shape index (κ3) is 5.88. The van der Waals surface area contributed by atoms with Crippen LogP contribution in [-0.4, -0.2) is 28.1 Å². The second-order valence-electron chi connectivity index (χ2n) is 9.56. The maximum atomic E-state index is 14.4. The van der Waals surface area contributed by atoms with E-state index >= 15 is 0 Å². The van der Waals surface area contributed by atoms with E-state index in [1.807, 2.05) is 13.0 Å². The maximum Gasteiger partial charge on any atom is 0.296 e. The molecular weight excluding hydrogens is 550 g/mol. The number of sulfone groups is 1. The lowest BCUT2D eigenvalue weighted by Crippen LogP contribution is -2.27. The van der Waals surface area contributed by atoms with Crippen LogP contribution in [0.25, 0.3) is 11.1 Å². The Morgan fingerprint density at radius 1 is 1.05 bits per heavy atom. The van der Waals surface area contributed by atoms with Crippen LogP contribution in [0.1, 0.15) is 61.8 Å². The highest BCUT2D eigenvalue weighted by molar-refractivity contribution is 7.91. The number of benzene rings is 2. The molecule has 41 heavy (non-hydrogen) atoms. The van der Waals surface area contributed by atoms with E-state index in [1.165, 1.54) is 53.1 Å². The predicted octanol–water partition coefficient (Wildman–Crippen LogP) is 5.64. The van der Waals surface area contributed by atoms with Crippen molar-refractivity contribution in [3.8, 4) is 23.1 Å². The van der Waals surface area contributed by atoms with Crippen molar-refractivity contribution < 1.29 is 22.3 Å². The van der Waals surface area contributed by atoms with Crippen LogP contribution in [0.4, 0.5) is 8.78 Å². The molecule has 0 unspecified atom stereocenters. The van der Waals surface area contributed by atoms with Gasteiger partial charge in [-0.15, -0.1) is 0 Å². The molecule has 212 valence electrons. The molecule has 2 heterocycles. The molecule has 1 atom stereocenters. The predicted molar refractivity (Wildman–Crippen MR) is 148 cm³/mol. The van der Waals surface area contributed by atoms with Gasteiger partial charge in [0.1, 0.15) is 11.6 Å². The minimum Gasteiger partial charge on any atom is -0.493 e. The van der Waals surface area contributed by atoms with E-state index in [2.05, 4.69) is 9.97 Å². The Kier molecular flexibility index (Phi) is 8.63. The van der Waals surface area contributed by atoms with Gasteiger partial charge in [-0.2, -0.15) is 14.6 Å². The molecule has 0 radical (unpaired) electrons. The standard InChI is InChI=1S/C30H28F2N4O4S/c1-4-6-7-27-35-29(37)28(30(38)36(27)25(5-2)21-14-19(17-33)15-22(31)16-21)41(39,40)23-10-8-20(9-11-23)24-12-13-26(32)34-18(24)3/h8-16,25,38H,4-7H2,1-3H3/t25-/m0/s1. The summed E-state index contributed by atoms with van der Waals surface area (Å²) >= 11 is 0. The minimum atomic E-state index is -4.57. The third-order valence-electron chi connectivity index (χ3n) is 6.82. The Morgan fingerprint density at radius 3 is 2.37 bits per heavy atom. The van der Waals surface area contributed by atoms with Gasteiger partial charge in [-0.25, -0.2) is 17.8 Å².